The fraction of sp³-hybridized carbons (Fsp3) is 0.250. The highest BCUT2D eigenvalue weighted by atomic mass is 35.5. The van der Waals surface area contributed by atoms with E-state index in [4.69, 9.17) is 16.3 Å². The molecule has 4 heteroatoms. The van der Waals surface area contributed by atoms with Crippen LogP contribution < -0.4 is 4.74 Å². The van der Waals surface area contributed by atoms with Gasteiger partial charge in [-0.3, -0.25) is 0 Å². The largest absolute Gasteiger partial charge is 0.497 e. The van der Waals surface area contributed by atoms with Gasteiger partial charge in [-0.25, -0.2) is 4.39 Å². The number of rotatable bonds is 5. The van der Waals surface area contributed by atoms with Gasteiger partial charge in [0.1, 0.15) is 11.6 Å². The van der Waals surface area contributed by atoms with Gasteiger partial charge in [0.25, 0.3) is 0 Å². The fourth-order valence-corrected chi connectivity index (χ4v) is 2.29. The summed E-state index contributed by atoms with van der Waals surface area (Å²) in [6.45, 7) is 0. The lowest BCUT2D eigenvalue weighted by molar-refractivity contribution is 0.175. The number of hydrogen-bond donors (Lipinski definition) is 1. The summed E-state index contributed by atoms with van der Waals surface area (Å²) in [6, 6.07) is 11.7. The van der Waals surface area contributed by atoms with Crippen LogP contribution in [0.2, 0.25) is 5.02 Å². The van der Waals surface area contributed by atoms with Gasteiger partial charge >= 0.3 is 0 Å². The molecule has 0 aliphatic carbocycles. The van der Waals surface area contributed by atoms with Gasteiger partial charge in [0.15, 0.2) is 0 Å². The third-order valence-electron chi connectivity index (χ3n) is 3.07. The summed E-state index contributed by atoms with van der Waals surface area (Å²) in [7, 11) is 1.60. The highest BCUT2D eigenvalue weighted by Crippen LogP contribution is 2.20. The van der Waals surface area contributed by atoms with Crippen LogP contribution in [0, 0.1) is 5.82 Å². The average molecular weight is 295 g/mol. The lowest BCUT2D eigenvalue weighted by atomic mass is 10.0. The number of aliphatic hydroxyl groups is 1. The summed E-state index contributed by atoms with van der Waals surface area (Å²) in [5.41, 5.74) is 1.58. The number of hydrogen-bond acceptors (Lipinski definition) is 2. The Morgan fingerprint density at radius 2 is 2.00 bits per heavy atom. The van der Waals surface area contributed by atoms with Crippen molar-refractivity contribution in [1.29, 1.82) is 0 Å². The van der Waals surface area contributed by atoms with Crippen LogP contribution in [-0.4, -0.2) is 18.3 Å². The average Bonchev–Trinajstić information content (AvgIpc) is 2.43. The predicted molar refractivity (Wildman–Crippen MR) is 77.8 cm³/mol. The highest BCUT2D eigenvalue weighted by Gasteiger charge is 2.11. The Hall–Kier alpha value is -1.58. The number of methoxy groups -OCH3 is 1. The number of ether oxygens (including phenoxy) is 1. The van der Waals surface area contributed by atoms with Gasteiger partial charge in [0.2, 0.25) is 0 Å². The molecular formula is C16H16ClFO2. The molecule has 0 aliphatic rings. The van der Waals surface area contributed by atoms with E-state index in [1.54, 1.807) is 7.11 Å². The summed E-state index contributed by atoms with van der Waals surface area (Å²) < 4.78 is 18.3. The van der Waals surface area contributed by atoms with Crippen LogP contribution in [0.5, 0.6) is 5.75 Å². The van der Waals surface area contributed by atoms with Crippen molar-refractivity contribution < 1.29 is 14.2 Å². The van der Waals surface area contributed by atoms with E-state index in [2.05, 4.69) is 0 Å². The number of benzene rings is 2. The molecule has 2 aromatic rings. The summed E-state index contributed by atoms with van der Waals surface area (Å²) in [6.07, 6.45) is 0.152. The molecule has 0 aromatic heterocycles. The standard InChI is InChI=1S/C16H16ClFO2/c1-20-15-4-2-3-11(8-15)7-14(19)10-12-9-13(18)5-6-16(12)17/h2-6,8-9,14,19H,7,10H2,1H3. The van der Waals surface area contributed by atoms with Crippen LogP contribution in [0.4, 0.5) is 4.39 Å². The van der Waals surface area contributed by atoms with Crippen LogP contribution in [0.1, 0.15) is 11.1 Å². The third-order valence-corrected chi connectivity index (χ3v) is 3.44. The monoisotopic (exact) mass is 294 g/mol. The molecule has 20 heavy (non-hydrogen) atoms. The maximum Gasteiger partial charge on any atom is 0.123 e. The molecule has 0 aliphatic heterocycles. The highest BCUT2D eigenvalue weighted by molar-refractivity contribution is 6.31. The summed E-state index contributed by atoms with van der Waals surface area (Å²) >= 11 is 5.99. The molecule has 0 saturated heterocycles. The molecule has 0 radical (unpaired) electrons. The second-order valence-corrected chi connectivity index (χ2v) is 5.06. The molecular weight excluding hydrogens is 279 g/mol. The van der Waals surface area contributed by atoms with Gasteiger partial charge in [-0.1, -0.05) is 23.7 Å². The van der Waals surface area contributed by atoms with Gasteiger partial charge in [-0.05, 0) is 47.9 Å². The van der Waals surface area contributed by atoms with Gasteiger partial charge in [0, 0.05) is 11.4 Å². The lowest BCUT2D eigenvalue weighted by Gasteiger charge is -2.12. The first-order valence-corrected chi connectivity index (χ1v) is 6.71. The van der Waals surface area contributed by atoms with E-state index in [0.29, 0.717) is 23.4 Å². The molecule has 2 aromatic carbocycles. The van der Waals surface area contributed by atoms with Crippen molar-refractivity contribution in [3.8, 4) is 5.75 Å². The predicted octanol–water partition coefficient (Wildman–Crippen LogP) is 3.63. The van der Waals surface area contributed by atoms with Crippen molar-refractivity contribution in [2.75, 3.05) is 7.11 Å². The van der Waals surface area contributed by atoms with E-state index in [1.165, 1.54) is 18.2 Å². The van der Waals surface area contributed by atoms with E-state index < -0.39 is 6.10 Å². The molecule has 0 amide bonds. The summed E-state index contributed by atoms with van der Waals surface area (Å²) in [5, 5.41) is 10.6. The topological polar surface area (TPSA) is 29.5 Å². The van der Waals surface area contributed by atoms with Crippen LogP contribution >= 0.6 is 11.6 Å². The molecule has 1 N–H and O–H groups in total. The van der Waals surface area contributed by atoms with Gasteiger partial charge in [0.05, 0.1) is 13.2 Å². The first-order chi connectivity index (χ1) is 9.58. The lowest BCUT2D eigenvalue weighted by Crippen LogP contribution is -2.14. The van der Waals surface area contributed by atoms with Crippen LogP contribution in [0.3, 0.4) is 0 Å². The molecule has 1 atom stereocenters. The van der Waals surface area contributed by atoms with E-state index >= 15 is 0 Å². The van der Waals surface area contributed by atoms with Gasteiger partial charge in [-0.2, -0.15) is 0 Å². The molecule has 0 saturated carbocycles. The minimum absolute atomic E-state index is 0.313. The number of aliphatic hydroxyl groups excluding tert-OH is 1. The van der Waals surface area contributed by atoms with Crippen LogP contribution in [0.15, 0.2) is 42.5 Å². The SMILES string of the molecule is COc1cccc(CC(O)Cc2cc(F)ccc2Cl)c1. The normalized spacial score (nSPS) is 12.2. The molecule has 0 fully saturated rings. The van der Waals surface area contributed by atoms with E-state index in [9.17, 15) is 9.50 Å². The maximum absolute atomic E-state index is 13.2. The quantitative estimate of drug-likeness (QED) is 0.912. The molecule has 0 heterocycles. The molecule has 2 nitrogen and oxygen atoms in total. The zero-order valence-electron chi connectivity index (χ0n) is 11.1. The Balaban J connectivity index is 2.04. The van der Waals surface area contributed by atoms with E-state index in [1.807, 2.05) is 24.3 Å². The van der Waals surface area contributed by atoms with Crippen molar-refractivity contribution in [2.24, 2.45) is 0 Å². The number of halogens is 2. The molecule has 106 valence electrons. The zero-order valence-corrected chi connectivity index (χ0v) is 11.9. The zero-order chi connectivity index (χ0) is 14.5. The van der Waals surface area contributed by atoms with Crippen molar-refractivity contribution in [3.63, 3.8) is 0 Å². The molecule has 2 rings (SSSR count). The Morgan fingerprint density at radius 3 is 2.75 bits per heavy atom. The minimum Gasteiger partial charge on any atom is -0.497 e. The van der Waals surface area contributed by atoms with Crippen LogP contribution in [0.25, 0.3) is 0 Å². The van der Waals surface area contributed by atoms with Gasteiger partial charge in [-0.15, -0.1) is 0 Å². The van der Waals surface area contributed by atoms with E-state index in [-0.39, 0.29) is 5.82 Å². The minimum atomic E-state index is -0.624. The Kier molecular flexibility index (Phi) is 4.99. The maximum atomic E-state index is 13.2. The first kappa shape index (κ1) is 14.8. The molecule has 1 unspecified atom stereocenters. The summed E-state index contributed by atoms with van der Waals surface area (Å²) in [4.78, 5) is 0. The Morgan fingerprint density at radius 1 is 1.20 bits per heavy atom. The molecule has 0 bridgehead atoms. The van der Waals surface area contributed by atoms with Crippen molar-refractivity contribution >= 4 is 11.6 Å². The van der Waals surface area contributed by atoms with Crippen molar-refractivity contribution in [2.45, 2.75) is 18.9 Å². The van der Waals surface area contributed by atoms with Crippen molar-refractivity contribution in [3.05, 3.63) is 64.4 Å². The third kappa shape index (κ3) is 3.95. The Bertz CT molecular complexity index is 586. The fourth-order valence-electron chi connectivity index (χ4n) is 2.10. The van der Waals surface area contributed by atoms with Crippen LogP contribution in [-0.2, 0) is 12.8 Å². The van der Waals surface area contributed by atoms with E-state index in [0.717, 1.165) is 11.3 Å². The second-order valence-electron chi connectivity index (χ2n) is 4.65. The first-order valence-electron chi connectivity index (χ1n) is 6.33. The van der Waals surface area contributed by atoms with Gasteiger partial charge < -0.3 is 9.84 Å². The second kappa shape index (κ2) is 6.73. The molecule has 0 spiro atoms. The smallest absolute Gasteiger partial charge is 0.123 e. The Labute approximate surface area is 122 Å². The van der Waals surface area contributed by atoms with Crippen molar-refractivity contribution in [1.82, 2.24) is 0 Å². The summed E-state index contributed by atoms with van der Waals surface area (Å²) in [5.74, 6) is 0.400.